The molecule has 3 rings (SSSR count). The van der Waals surface area contributed by atoms with Gasteiger partial charge in [0.05, 0.1) is 6.61 Å². The Kier molecular flexibility index (Phi) is 7.32. The Morgan fingerprint density at radius 3 is 2.31 bits per heavy atom. The van der Waals surface area contributed by atoms with Gasteiger partial charge in [0.15, 0.2) is 12.1 Å². The molecule has 8 heteroatoms. The molecule has 0 amide bonds. The molecule has 1 aliphatic heterocycles. The highest BCUT2D eigenvalue weighted by Gasteiger charge is 2.44. The number of aliphatic hydroxyl groups excluding tert-OH is 4. The highest BCUT2D eigenvalue weighted by molar-refractivity contribution is 5.97. The molecule has 0 aliphatic carbocycles. The van der Waals surface area contributed by atoms with Crippen LogP contribution in [0.1, 0.15) is 15.9 Å². The molecule has 156 valence electrons. The average Bonchev–Trinajstić information content (AvgIpc) is 2.75. The minimum atomic E-state index is -1.58. The minimum Gasteiger partial charge on any atom is -0.489 e. The SMILES string of the molecule is O=C(CO[C@@H]1[C@@H](O)[C@@H](O)[C@@H](CO)O[C@H]1O)c1ccc(OCc2ccccc2)cc1. The lowest BCUT2D eigenvalue weighted by Gasteiger charge is -2.39. The van der Waals surface area contributed by atoms with Gasteiger partial charge in [-0.05, 0) is 29.8 Å². The van der Waals surface area contributed by atoms with Gasteiger partial charge in [0.2, 0.25) is 0 Å². The zero-order chi connectivity index (χ0) is 20.8. The topological polar surface area (TPSA) is 126 Å². The van der Waals surface area contributed by atoms with Crippen molar-refractivity contribution < 1.29 is 39.4 Å². The third-order valence-electron chi connectivity index (χ3n) is 4.67. The zero-order valence-electron chi connectivity index (χ0n) is 15.6. The van der Waals surface area contributed by atoms with Crippen LogP contribution in [0.25, 0.3) is 0 Å². The highest BCUT2D eigenvalue weighted by atomic mass is 16.7. The molecule has 0 bridgehead atoms. The van der Waals surface area contributed by atoms with E-state index in [0.717, 1.165) is 5.56 Å². The Morgan fingerprint density at radius 1 is 0.966 bits per heavy atom. The number of carbonyl (C=O) groups is 1. The second-order valence-electron chi connectivity index (χ2n) is 6.73. The van der Waals surface area contributed by atoms with Crippen LogP contribution in [0.2, 0.25) is 0 Å². The minimum absolute atomic E-state index is 0.367. The van der Waals surface area contributed by atoms with Crippen molar-refractivity contribution in [3.8, 4) is 5.75 Å². The predicted octanol–water partition coefficient (Wildman–Crippen LogP) is 0.265. The fraction of sp³-hybridized carbons (Fsp3) is 0.381. The number of benzene rings is 2. The average molecular weight is 404 g/mol. The van der Waals surface area contributed by atoms with E-state index in [1.165, 1.54) is 0 Å². The van der Waals surface area contributed by atoms with Gasteiger partial charge in [-0.1, -0.05) is 30.3 Å². The number of ketones is 1. The summed E-state index contributed by atoms with van der Waals surface area (Å²) >= 11 is 0. The molecule has 0 aromatic heterocycles. The van der Waals surface area contributed by atoms with E-state index in [0.29, 0.717) is 17.9 Å². The summed E-state index contributed by atoms with van der Waals surface area (Å²) in [5, 5.41) is 38.8. The number of hydrogen-bond donors (Lipinski definition) is 4. The number of Topliss-reactive ketones (excluding diaryl/α,β-unsaturated/α-hetero) is 1. The predicted molar refractivity (Wildman–Crippen MR) is 101 cm³/mol. The first-order valence-electron chi connectivity index (χ1n) is 9.21. The van der Waals surface area contributed by atoms with Crippen LogP contribution in [0.5, 0.6) is 5.75 Å². The molecule has 2 aromatic carbocycles. The molecular formula is C21H24O8. The van der Waals surface area contributed by atoms with Crippen molar-refractivity contribution in [1.82, 2.24) is 0 Å². The lowest BCUT2D eigenvalue weighted by molar-refractivity contribution is -0.294. The lowest BCUT2D eigenvalue weighted by Crippen LogP contribution is -2.59. The van der Waals surface area contributed by atoms with Crippen molar-refractivity contribution in [2.75, 3.05) is 13.2 Å². The van der Waals surface area contributed by atoms with E-state index in [9.17, 15) is 20.1 Å². The van der Waals surface area contributed by atoms with Crippen molar-refractivity contribution in [2.24, 2.45) is 0 Å². The van der Waals surface area contributed by atoms with Crippen molar-refractivity contribution in [3.05, 3.63) is 65.7 Å². The first-order valence-corrected chi connectivity index (χ1v) is 9.21. The van der Waals surface area contributed by atoms with Gasteiger partial charge in [-0.2, -0.15) is 0 Å². The van der Waals surface area contributed by atoms with E-state index < -0.39 is 43.9 Å². The molecule has 5 atom stereocenters. The summed E-state index contributed by atoms with van der Waals surface area (Å²) in [5.41, 5.74) is 1.39. The maximum Gasteiger partial charge on any atom is 0.188 e. The fourth-order valence-electron chi connectivity index (χ4n) is 2.99. The summed E-state index contributed by atoms with van der Waals surface area (Å²) in [5.74, 6) is 0.230. The summed E-state index contributed by atoms with van der Waals surface area (Å²) in [6.07, 6.45) is -6.96. The molecule has 0 radical (unpaired) electrons. The summed E-state index contributed by atoms with van der Waals surface area (Å²) < 4.78 is 15.9. The second-order valence-corrected chi connectivity index (χ2v) is 6.73. The van der Waals surface area contributed by atoms with Crippen LogP contribution in [0.15, 0.2) is 54.6 Å². The molecule has 0 unspecified atom stereocenters. The summed E-state index contributed by atoms with van der Waals surface area (Å²) in [6.45, 7) is -0.589. The van der Waals surface area contributed by atoms with Crippen LogP contribution in [-0.4, -0.2) is 70.1 Å². The molecule has 1 aliphatic rings. The molecule has 1 saturated heterocycles. The van der Waals surface area contributed by atoms with Crippen LogP contribution < -0.4 is 4.74 Å². The van der Waals surface area contributed by atoms with E-state index >= 15 is 0 Å². The third-order valence-corrected chi connectivity index (χ3v) is 4.67. The summed E-state index contributed by atoms with van der Waals surface area (Å²) in [7, 11) is 0. The number of aliphatic hydroxyl groups is 4. The molecule has 0 spiro atoms. The maximum atomic E-state index is 12.3. The van der Waals surface area contributed by atoms with Crippen molar-refractivity contribution in [1.29, 1.82) is 0 Å². The van der Waals surface area contributed by atoms with Gasteiger partial charge in [0.1, 0.15) is 43.4 Å². The van der Waals surface area contributed by atoms with Crippen LogP contribution >= 0.6 is 0 Å². The Balaban J connectivity index is 1.51. The lowest BCUT2D eigenvalue weighted by atomic mass is 9.99. The van der Waals surface area contributed by atoms with Crippen molar-refractivity contribution in [3.63, 3.8) is 0 Å². The monoisotopic (exact) mass is 404 g/mol. The van der Waals surface area contributed by atoms with E-state index in [1.54, 1.807) is 24.3 Å². The number of hydrogen-bond acceptors (Lipinski definition) is 8. The van der Waals surface area contributed by atoms with Gasteiger partial charge < -0.3 is 34.6 Å². The van der Waals surface area contributed by atoms with Gasteiger partial charge >= 0.3 is 0 Å². The molecule has 29 heavy (non-hydrogen) atoms. The van der Waals surface area contributed by atoms with Crippen LogP contribution in [0.4, 0.5) is 0 Å². The molecule has 1 fully saturated rings. The van der Waals surface area contributed by atoms with Gasteiger partial charge in [-0.3, -0.25) is 4.79 Å². The quantitative estimate of drug-likeness (QED) is 0.462. The molecule has 8 nitrogen and oxygen atoms in total. The van der Waals surface area contributed by atoms with Crippen LogP contribution in [-0.2, 0) is 16.1 Å². The van der Waals surface area contributed by atoms with Gasteiger partial charge in [-0.25, -0.2) is 0 Å². The van der Waals surface area contributed by atoms with Crippen molar-refractivity contribution >= 4 is 5.78 Å². The molecule has 4 N–H and O–H groups in total. The normalized spacial score (nSPS) is 26.8. The van der Waals surface area contributed by atoms with E-state index in [4.69, 9.17) is 19.3 Å². The number of rotatable bonds is 8. The summed E-state index contributed by atoms with van der Waals surface area (Å²) in [4.78, 5) is 12.3. The Bertz CT molecular complexity index is 779. The van der Waals surface area contributed by atoms with Gasteiger partial charge in [0, 0.05) is 5.56 Å². The summed E-state index contributed by atoms with van der Waals surface area (Å²) in [6, 6.07) is 16.2. The zero-order valence-corrected chi connectivity index (χ0v) is 15.6. The van der Waals surface area contributed by atoms with Crippen LogP contribution in [0, 0.1) is 0 Å². The Hall–Kier alpha value is -2.33. The van der Waals surface area contributed by atoms with Gasteiger partial charge in [0.25, 0.3) is 0 Å². The Labute approximate surface area is 167 Å². The first-order chi connectivity index (χ1) is 14.0. The van der Waals surface area contributed by atoms with Crippen molar-refractivity contribution in [2.45, 2.75) is 37.3 Å². The smallest absolute Gasteiger partial charge is 0.188 e. The van der Waals surface area contributed by atoms with Gasteiger partial charge in [-0.15, -0.1) is 0 Å². The standard InChI is InChI=1S/C21H24O8/c22-10-17-18(24)19(25)20(21(26)29-17)28-12-16(23)14-6-8-15(9-7-14)27-11-13-4-2-1-3-5-13/h1-9,17-22,24-26H,10-12H2/t17-,18+,19+,20-,21-/m1/s1. The second kappa shape index (κ2) is 9.93. The largest absolute Gasteiger partial charge is 0.489 e. The molecular weight excluding hydrogens is 380 g/mol. The molecule has 2 aromatic rings. The van der Waals surface area contributed by atoms with E-state index in [1.807, 2.05) is 30.3 Å². The fourth-order valence-corrected chi connectivity index (χ4v) is 2.99. The number of carbonyl (C=O) groups excluding carboxylic acids is 1. The van der Waals surface area contributed by atoms with E-state index in [-0.39, 0.29) is 5.78 Å². The Morgan fingerprint density at radius 2 is 1.66 bits per heavy atom. The first kappa shape index (κ1) is 21.4. The molecule has 0 saturated carbocycles. The number of ether oxygens (including phenoxy) is 3. The maximum absolute atomic E-state index is 12.3. The highest BCUT2D eigenvalue weighted by Crippen LogP contribution is 2.22. The molecule has 1 heterocycles. The van der Waals surface area contributed by atoms with Crippen LogP contribution in [0.3, 0.4) is 0 Å². The third kappa shape index (κ3) is 5.39. The van der Waals surface area contributed by atoms with E-state index in [2.05, 4.69) is 0 Å².